The largest absolute Gasteiger partial charge is 0.497 e. The van der Waals surface area contributed by atoms with Crippen LogP contribution < -0.4 is 4.74 Å². The molecule has 47 heavy (non-hydrogen) atoms. The van der Waals surface area contributed by atoms with Gasteiger partial charge in [-0.2, -0.15) is 0 Å². The molecule has 0 aliphatic heterocycles. The number of hydrogen-bond donors (Lipinski definition) is 0. The second kappa shape index (κ2) is 15.5. The number of esters is 2. The minimum absolute atomic E-state index is 0.284. The zero-order valence-electron chi connectivity index (χ0n) is 27.1. The van der Waals surface area contributed by atoms with Crippen LogP contribution in [0.1, 0.15) is 63.0 Å². The molecule has 0 fully saturated rings. The van der Waals surface area contributed by atoms with Gasteiger partial charge in [0.25, 0.3) is 0 Å². The highest BCUT2D eigenvalue weighted by molar-refractivity contribution is 7.18. The summed E-state index contributed by atoms with van der Waals surface area (Å²) >= 11 is 1.57. The molecule has 0 radical (unpaired) electrons. The van der Waals surface area contributed by atoms with Crippen LogP contribution in [0, 0.1) is 13.8 Å². The molecule has 10 nitrogen and oxygen atoms in total. The summed E-state index contributed by atoms with van der Waals surface area (Å²) in [7, 11) is 1.65. The van der Waals surface area contributed by atoms with Gasteiger partial charge >= 0.3 is 11.9 Å². The number of aromatic nitrogens is 4. The van der Waals surface area contributed by atoms with E-state index >= 15 is 0 Å². The number of nitrogens with zero attached hydrogens (tertiary/aromatic N) is 5. The second-order valence-electron chi connectivity index (χ2n) is 10.8. The summed E-state index contributed by atoms with van der Waals surface area (Å²) in [6.45, 7) is 9.05. The van der Waals surface area contributed by atoms with Crippen LogP contribution in [-0.4, -0.2) is 57.1 Å². The molecule has 0 aliphatic carbocycles. The number of benzene rings is 1. The van der Waals surface area contributed by atoms with Crippen molar-refractivity contribution in [2.75, 3.05) is 20.3 Å². The lowest BCUT2D eigenvalue weighted by Gasteiger charge is -2.22. The van der Waals surface area contributed by atoms with Crippen LogP contribution in [0.2, 0.25) is 0 Å². The van der Waals surface area contributed by atoms with E-state index in [9.17, 15) is 9.59 Å². The summed E-state index contributed by atoms with van der Waals surface area (Å²) in [4.78, 5) is 47.4. The number of carbonyl (C=O) groups excluding carboxylic acids is 2. The molecular weight excluding hydrogens is 614 g/mol. The Balaban J connectivity index is 1.44. The van der Waals surface area contributed by atoms with Crippen molar-refractivity contribution in [1.82, 2.24) is 24.8 Å². The van der Waals surface area contributed by atoms with Gasteiger partial charge < -0.3 is 14.2 Å². The molecule has 0 atom stereocenters. The molecule has 11 heteroatoms. The van der Waals surface area contributed by atoms with Crippen LogP contribution in [0.4, 0.5) is 0 Å². The van der Waals surface area contributed by atoms with E-state index < -0.39 is 11.9 Å². The number of ether oxygens (including phenoxy) is 3. The van der Waals surface area contributed by atoms with E-state index in [4.69, 9.17) is 29.2 Å². The molecular formula is C36H37N5O5S. The Hall–Kier alpha value is -5.00. The van der Waals surface area contributed by atoms with Gasteiger partial charge in [-0.3, -0.25) is 14.9 Å². The molecule has 0 amide bonds. The second-order valence-corrected chi connectivity index (χ2v) is 11.9. The van der Waals surface area contributed by atoms with Crippen LogP contribution >= 0.6 is 11.3 Å². The molecule has 0 bridgehead atoms. The van der Waals surface area contributed by atoms with Crippen LogP contribution in [0.5, 0.6) is 5.75 Å². The maximum Gasteiger partial charge on any atom is 0.338 e. The molecule has 0 N–H and O–H groups in total. The van der Waals surface area contributed by atoms with Crippen molar-refractivity contribution in [3.63, 3.8) is 0 Å². The van der Waals surface area contributed by atoms with E-state index in [0.717, 1.165) is 32.6 Å². The van der Waals surface area contributed by atoms with Crippen molar-refractivity contribution in [2.45, 2.75) is 47.3 Å². The van der Waals surface area contributed by atoms with Gasteiger partial charge in [-0.05, 0) is 93.9 Å². The minimum atomic E-state index is -0.392. The Morgan fingerprint density at radius 1 is 0.745 bits per heavy atom. The zero-order valence-corrected chi connectivity index (χ0v) is 28.0. The van der Waals surface area contributed by atoms with Crippen molar-refractivity contribution in [2.24, 2.45) is 0 Å². The van der Waals surface area contributed by atoms with Gasteiger partial charge in [0.2, 0.25) is 0 Å². The standard InChI is InChI=1S/C36H37N5O5S/c1-6-45-35(42)26-15-23(3)38-29(17-26)21-41(22-30-18-27(16-24(4)39-30)36(43)46-7-2)20-28-9-8-10-32(40-28)34-37-19-33(47-34)25-11-13-31(44-5)14-12-25/h8-19H,6-7,20-22H2,1-5H3. The van der Waals surface area contributed by atoms with Gasteiger partial charge in [-0.15, -0.1) is 11.3 Å². The van der Waals surface area contributed by atoms with Gasteiger partial charge in [0, 0.05) is 37.2 Å². The molecule has 1 aromatic carbocycles. The highest BCUT2D eigenvalue weighted by Crippen LogP contribution is 2.32. The lowest BCUT2D eigenvalue weighted by atomic mass is 10.1. The molecule has 0 unspecified atom stereocenters. The van der Waals surface area contributed by atoms with Gasteiger partial charge in [0.1, 0.15) is 10.8 Å². The summed E-state index contributed by atoms with van der Waals surface area (Å²) in [5.74, 6) is 0.0162. The van der Waals surface area contributed by atoms with Gasteiger partial charge in [-0.25, -0.2) is 19.6 Å². The first kappa shape index (κ1) is 33.4. The summed E-state index contributed by atoms with van der Waals surface area (Å²) in [5.41, 5.74) is 6.36. The van der Waals surface area contributed by atoms with Crippen LogP contribution in [0.3, 0.4) is 0 Å². The Kier molecular flexibility index (Phi) is 11.0. The molecule has 4 heterocycles. The van der Waals surface area contributed by atoms with E-state index in [-0.39, 0.29) is 13.2 Å². The quantitative estimate of drug-likeness (QED) is 0.125. The van der Waals surface area contributed by atoms with E-state index in [0.29, 0.717) is 53.5 Å². The highest BCUT2D eigenvalue weighted by atomic mass is 32.1. The third-order valence-electron chi connectivity index (χ3n) is 7.10. The maximum atomic E-state index is 12.6. The van der Waals surface area contributed by atoms with Crippen LogP contribution in [0.15, 0.2) is 72.9 Å². The minimum Gasteiger partial charge on any atom is -0.497 e. The predicted octanol–water partition coefficient (Wildman–Crippen LogP) is 6.84. The van der Waals surface area contributed by atoms with Gasteiger partial charge in [-0.1, -0.05) is 6.07 Å². The molecule has 242 valence electrons. The van der Waals surface area contributed by atoms with Gasteiger partial charge in [0.05, 0.1) is 59.1 Å². The fraction of sp³-hybridized carbons (Fsp3) is 0.278. The fourth-order valence-corrected chi connectivity index (χ4v) is 6.02. The summed E-state index contributed by atoms with van der Waals surface area (Å²) in [6, 6.07) is 20.7. The number of pyridine rings is 3. The van der Waals surface area contributed by atoms with Gasteiger partial charge in [0.15, 0.2) is 0 Å². The molecule has 5 rings (SSSR count). The highest BCUT2D eigenvalue weighted by Gasteiger charge is 2.18. The van der Waals surface area contributed by atoms with E-state index in [1.54, 1.807) is 56.6 Å². The zero-order chi connectivity index (χ0) is 33.3. The molecule has 0 saturated heterocycles. The smallest absolute Gasteiger partial charge is 0.338 e. The van der Waals surface area contributed by atoms with Crippen molar-refractivity contribution in [3.8, 4) is 26.9 Å². The number of thiazole rings is 1. The van der Waals surface area contributed by atoms with E-state index in [1.807, 2.05) is 62.5 Å². The summed E-state index contributed by atoms with van der Waals surface area (Å²) in [6.07, 6.45) is 1.86. The van der Waals surface area contributed by atoms with Crippen molar-refractivity contribution in [3.05, 3.63) is 113 Å². The van der Waals surface area contributed by atoms with E-state index in [1.165, 1.54) is 0 Å². The van der Waals surface area contributed by atoms with Crippen LogP contribution in [0.25, 0.3) is 21.1 Å². The molecule has 0 spiro atoms. The molecule has 5 aromatic rings. The van der Waals surface area contributed by atoms with Crippen LogP contribution in [-0.2, 0) is 29.1 Å². The lowest BCUT2D eigenvalue weighted by Crippen LogP contribution is -2.25. The number of rotatable bonds is 13. The summed E-state index contributed by atoms with van der Waals surface area (Å²) in [5, 5.41) is 0.808. The SMILES string of the molecule is CCOC(=O)c1cc(C)nc(CN(Cc2cc(C(=O)OCC)cc(C)n2)Cc2cccc(-c3ncc(-c4ccc(OC)cc4)s3)n2)c1. The fourth-order valence-electron chi connectivity index (χ4n) is 5.12. The Morgan fingerprint density at radius 2 is 1.32 bits per heavy atom. The Morgan fingerprint density at radius 3 is 1.87 bits per heavy atom. The summed E-state index contributed by atoms with van der Waals surface area (Å²) < 4.78 is 15.8. The third-order valence-corrected chi connectivity index (χ3v) is 8.17. The van der Waals surface area contributed by atoms with E-state index in [2.05, 4.69) is 9.88 Å². The first-order valence-corrected chi connectivity index (χ1v) is 16.1. The van der Waals surface area contributed by atoms with Crippen molar-refractivity contribution >= 4 is 23.3 Å². The lowest BCUT2D eigenvalue weighted by molar-refractivity contribution is 0.0516. The Bertz CT molecular complexity index is 1790. The average molecular weight is 652 g/mol. The normalized spacial score (nSPS) is 11.0. The maximum absolute atomic E-state index is 12.6. The molecule has 0 saturated carbocycles. The first-order chi connectivity index (χ1) is 22.7. The van der Waals surface area contributed by atoms with Crippen molar-refractivity contribution < 1.29 is 23.8 Å². The third kappa shape index (κ3) is 8.84. The predicted molar refractivity (Wildman–Crippen MR) is 180 cm³/mol. The number of aryl methyl sites for hydroxylation is 2. The molecule has 0 aliphatic rings. The number of hydrogen-bond acceptors (Lipinski definition) is 11. The number of carbonyl (C=O) groups is 2. The van der Waals surface area contributed by atoms with Crippen molar-refractivity contribution in [1.29, 1.82) is 0 Å². The Labute approximate surface area is 278 Å². The molecule has 4 aromatic heterocycles. The first-order valence-electron chi connectivity index (χ1n) is 15.3. The number of methoxy groups -OCH3 is 1. The average Bonchev–Trinajstić information content (AvgIpc) is 3.55. The topological polar surface area (TPSA) is 117 Å². The monoisotopic (exact) mass is 651 g/mol.